The first-order valence-electron chi connectivity index (χ1n) is 20.7. The SMILES string of the molecule is C#CCCCON(C(=O)[C@@H](NC(=O)C[C@H]1CCCCN1C)[C@@H](C)CC)[C@H](C[C@@H](OC(C)=O)c1nc(C(=O)N[C@@H](Cc2ccc(O)cc2)CC(C)(C)C(=O)O)cs1)C(C)C. The average molecular weight is 840 g/mol. The zero-order valence-corrected chi connectivity index (χ0v) is 36.8. The number of hydrogen-bond donors (Lipinski definition) is 4. The number of aromatic hydroxyl groups is 1. The topological polar surface area (TPSA) is 188 Å². The zero-order chi connectivity index (χ0) is 43.9. The third-order valence-electron chi connectivity index (χ3n) is 11.0. The van der Waals surface area contributed by atoms with Gasteiger partial charge in [-0.25, -0.2) is 10.0 Å². The maximum Gasteiger partial charge on any atom is 0.309 e. The van der Waals surface area contributed by atoms with Gasteiger partial charge < -0.3 is 30.5 Å². The number of esters is 1. The van der Waals surface area contributed by atoms with Gasteiger partial charge >= 0.3 is 11.9 Å². The van der Waals surface area contributed by atoms with Crippen LogP contribution in [0.3, 0.4) is 0 Å². The lowest BCUT2D eigenvalue weighted by atomic mass is 9.84. The van der Waals surface area contributed by atoms with Crippen LogP contribution in [0.25, 0.3) is 0 Å². The summed E-state index contributed by atoms with van der Waals surface area (Å²) in [4.78, 5) is 79.6. The number of nitrogens with one attached hydrogen (secondary N) is 2. The number of carboxylic acid groups (broad SMARTS) is 1. The predicted molar refractivity (Wildman–Crippen MR) is 226 cm³/mol. The molecule has 326 valence electrons. The lowest BCUT2D eigenvalue weighted by molar-refractivity contribution is -0.213. The Morgan fingerprint density at radius 2 is 1.81 bits per heavy atom. The molecular weight excluding hydrogens is 775 g/mol. The van der Waals surface area contributed by atoms with Crippen molar-refractivity contribution in [3.63, 3.8) is 0 Å². The summed E-state index contributed by atoms with van der Waals surface area (Å²) in [5.74, 6) is -0.560. The molecule has 15 heteroatoms. The number of ether oxygens (including phenoxy) is 1. The molecule has 1 aromatic carbocycles. The number of carbonyl (C=O) groups is 5. The van der Waals surface area contributed by atoms with Crippen LogP contribution >= 0.6 is 11.3 Å². The molecule has 14 nitrogen and oxygen atoms in total. The number of benzene rings is 1. The molecule has 6 atom stereocenters. The number of carboxylic acids is 1. The van der Waals surface area contributed by atoms with E-state index in [4.69, 9.17) is 16.0 Å². The van der Waals surface area contributed by atoms with E-state index < -0.39 is 53.4 Å². The summed E-state index contributed by atoms with van der Waals surface area (Å²) >= 11 is 1.12. The van der Waals surface area contributed by atoms with Gasteiger partial charge in [0.05, 0.1) is 18.1 Å². The van der Waals surface area contributed by atoms with Crippen molar-refractivity contribution in [1.82, 2.24) is 25.6 Å². The van der Waals surface area contributed by atoms with Gasteiger partial charge in [0.25, 0.3) is 11.8 Å². The van der Waals surface area contributed by atoms with Crippen molar-refractivity contribution in [1.29, 1.82) is 0 Å². The second-order valence-corrected chi connectivity index (χ2v) is 17.6. The Hall–Kier alpha value is -4.52. The Morgan fingerprint density at radius 3 is 2.41 bits per heavy atom. The molecule has 0 bridgehead atoms. The summed E-state index contributed by atoms with van der Waals surface area (Å²) in [6.45, 7) is 13.2. The fourth-order valence-corrected chi connectivity index (χ4v) is 8.02. The van der Waals surface area contributed by atoms with Gasteiger partial charge in [-0.15, -0.1) is 23.7 Å². The number of piperidine rings is 1. The first kappa shape index (κ1) is 48.8. The van der Waals surface area contributed by atoms with Gasteiger partial charge in [-0.05, 0) is 89.1 Å². The van der Waals surface area contributed by atoms with Crippen LogP contribution in [0, 0.1) is 29.6 Å². The molecule has 1 aromatic heterocycles. The lowest BCUT2D eigenvalue weighted by Crippen LogP contribution is -2.56. The van der Waals surface area contributed by atoms with Crippen LogP contribution in [0.4, 0.5) is 0 Å². The zero-order valence-electron chi connectivity index (χ0n) is 36.0. The predicted octanol–water partition coefficient (Wildman–Crippen LogP) is 6.29. The van der Waals surface area contributed by atoms with E-state index in [-0.39, 0.29) is 61.1 Å². The molecule has 2 heterocycles. The summed E-state index contributed by atoms with van der Waals surface area (Å²) in [7, 11) is 2.02. The largest absolute Gasteiger partial charge is 0.508 e. The second-order valence-electron chi connectivity index (χ2n) is 16.7. The standard InChI is InChI=1S/C44H65N5O9S/c1-10-12-15-22-57-49(42(54)39(29(5)11-2)47-38(52)24-33-16-13-14-21-48(33)9)36(28(3)4)25-37(58-30(6)50)41-46-35(27-59-41)40(53)45-32(26-44(7,8)43(55)56)23-31-17-19-34(51)20-18-31/h1,17-20,27-29,32-33,36-37,39,51H,11-16,21-26H2,2-9H3,(H,45,53)(H,47,52)(H,55,56)/t29-,32-,33+,36+,37+,39-/m0/s1. The maximum atomic E-state index is 14.7. The molecule has 0 saturated carbocycles. The third kappa shape index (κ3) is 15.2. The van der Waals surface area contributed by atoms with E-state index in [9.17, 15) is 34.2 Å². The number of thiazole rings is 1. The van der Waals surface area contributed by atoms with Crippen LogP contribution in [0.5, 0.6) is 5.75 Å². The number of rotatable bonds is 23. The van der Waals surface area contributed by atoms with Crippen LogP contribution in [-0.4, -0.2) is 99.2 Å². The van der Waals surface area contributed by atoms with E-state index in [1.165, 1.54) is 24.1 Å². The minimum absolute atomic E-state index is 0.0497. The van der Waals surface area contributed by atoms with Crippen molar-refractivity contribution in [2.75, 3.05) is 20.2 Å². The second kappa shape index (κ2) is 23.3. The van der Waals surface area contributed by atoms with Crippen LogP contribution in [0.2, 0.25) is 0 Å². The summed E-state index contributed by atoms with van der Waals surface area (Å²) in [6.07, 6.45) is 9.85. The number of likely N-dealkylation sites (tertiary alicyclic amines) is 1. The molecule has 1 saturated heterocycles. The van der Waals surface area contributed by atoms with E-state index in [1.54, 1.807) is 31.4 Å². The third-order valence-corrected chi connectivity index (χ3v) is 11.9. The molecule has 3 rings (SSSR count). The van der Waals surface area contributed by atoms with Crippen molar-refractivity contribution in [3.05, 3.63) is 45.9 Å². The Balaban J connectivity index is 1.92. The number of carbonyl (C=O) groups excluding carboxylic acids is 4. The summed E-state index contributed by atoms with van der Waals surface area (Å²) < 4.78 is 5.83. The molecule has 0 radical (unpaired) electrons. The molecular formula is C44H65N5O9S. The van der Waals surface area contributed by atoms with Crippen LogP contribution in [0.1, 0.15) is 133 Å². The fourth-order valence-electron chi connectivity index (χ4n) is 7.18. The number of hydroxylamine groups is 2. The minimum atomic E-state index is -1.16. The van der Waals surface area contributed by atoms with Crippen LogP contribution < -0.4 is 10.6 Å². The molecule has 0 aliphatic carbocycles. The normalized spacial score (nSPS) is 17.2. The lowest BCUT2D eigenvalue weighted by Gasteiger charge is -2.38. The van der Waals surface area contributed by atoms with E-state index >= 15 is 0 Å². The van der Waals surface area contributed by atoms with Gasteiger partial charge in [-0.1, -0.05) is 52.7 Å². The van der Waals surface area contributed by atoms with Gasteiger partial charge in [0.15, 0.2) is 6.10 Å². The number of phenols is 1. The van der Waals surface area contributed by atoms with Crippen molar-refractivity contribution < 1.29 is 43.8 Å². The summed E-state index contributed by atoms with van der Waals surface area (Å²) in [6, 6.07) is 4.40. The van der Waals surface area contributed by atoms with Crippen molar-refractivity contribution in [3.8, 4) is 18.1 Å². The monoisotopic (exact) mass is 839 g/mol. The Bertz CT molecular complexity index is 1740. The Labute approximate surface area is 353 Å². The maximum absolute atomic E-state index is 14.7. The molecule has 4 N–H and O–H groups in total. The number of amides is 3. The number of aliphatic carboxylic acids is 1. The highest BCUT2D eigenvalue weighted by Crippen LogP contribution is 2.32. The molecule has 1 fully saturated rings. The van der Waals surface area contributed by atoms with Crippen LogP contribution in [0.15, 0.2) is 29.6 Å². The smallest absolute Gasteiger partial charge is 0.309 e. The van der Waals surface area contributed by atoms with Gasteiger partial charge in [-0.2, -0.15) is 0 Å². The average Bonchev–Trinajstić information content (AvgIpc) is 3.67. The Morgan fingerprint density at radius 1 is 1.12 bits per heavy atom. The fraction of sp³-hybridized carbons (Fsp3) is 0.636. The highest BCUT2D eigenvalue weighted by atomic mass is 32.1. The highest BCUT2D eigenvalue weighted by Gasteiger charge is 2.39. The summed E-state index contributed by atoms with van der Waals surface area (Å²) in [5, 5.41) is 28.8. The number of terminal acetylenes is 1. The quantitative estimate of drug-likeness (QED) is 0.0427. The van der Waals surface area contributed by atoms with Gasteiger partial charge in [0, 0.05) is 43.6 Å². The molecule has 3 amide bonds. The van der Waals surface area contributed by atoms with E-state index in [0.29, 0.717) is 30.7 Å². The first-order valence-corrected chi connectivity index (χ1v) is 21.6. The molecule has 1 aliphatic heterocycles. The highest BCUT2D eigenvalue weighted by molar-refractivity contribution is 7.09. The van der Waals surface area contributed by atoms with E-state index in [2.05, 4.69) is 26.4 Å². The molecule has 1 aliphatic rings. The number of aromatic nitrogens is 1. The van der Waals surface area contributed by atoms with Crippen LogP contribution in [-0.2, 0) is 35.2 Å². The van der Waals surface area contributed by atoms with E-state index in [1.807, 2.05) is 34.7 Å². The van der Waals surface area contributed by atoms with Gasteiger partial charge in [-0.3, -0.25) is 28.8 Å². The number of phenolic OH excluding ortho intramolecular Hbond substituents is 1. The minimum Gasteiger partial charge on any atom is -0.508 e. The van der Waals surface area contributed by atoms with Crippen molar-refractivity contribution in [2.24, 2.45) is 17.3 Å². The molecule has 0 spiro atoms. The number of hydrogen-bond acceptors (Lipinski definition) is 11. The molecule has 2 aromatic rings. The number of nitrogens with zero attached hydrogens (tertiary/aromatic N) is 3. The van der Waals surface area contributed by atoms with Gasteiger partial charge in [0.2, 0.25) is 5.91 Å². The summed E-state index contributed by atoms with van der Waals surface area (Å²) in [5.41, 5.74) is -0.326. The first-order chi connectivity index (χ1) is 27.9. The molecule has 0 unspecified atom stereocenters. The Kier molecular flexibility index (Phi) is 19.3. The molecule has 59 heavy (non-hydrogen) atoms. The van der Waals surface area contributed by atoms with E-state index in [0.717, 1.165) is 42.7 Å². The van der Waals surface area contributed by atoms with Crippen molar-refractivity contribution in [2.45, 2.75) is 143 Å². The number of unbranched alkanes of at least 4 members (excludes halogenated alkanes) is 1. The van der Waals surface area contributed by atoms with Crippen molar-refractivity contribution >= 4 is 41.0 Å². The van der Waals surface area contributed by atoms with Gasteiger partial charge in [0.1, 0.15) is 22.5 Å².